The van der Waals surface area contributed by atoms with Gasteiger partial charge in [-0.25, -0.2) is 0 Å². The van der Waals surface area contributed by atoms with Crippen LogP contribution < -0.4 is 10.1 Å². The lowest BCUT2D eigenvalue weighted by molar-refractivity contribution is -0.274. The molecule has 0 saturated carbocycles. The number of nitrogens with one attached hydrogen (secondary N) is 1. The number of halogens is 6. The van der Waals surface area contributed by atoms with Crippen LogP contribution in [0.25, 0.3) is 0 Å². The van der Waals surface area contributed by atoms with Gasteiger partial charge in [0.15, 0.2) is 16.1 Å². The van der Waals surface area contributed by atoms with Crippen molar-refractivity contribution < 1.29 is 17.9 Å². The van der Waals surface area contributed by atoms with E-state index in [2.05, 4.69) is 36.2 Å². The Kier molecular flexibility index (Phi) is 4.80. The minimum atomic E-state index is -4.82. The van der Waals surface area contributed by atoms with Gasteiger partial charge in [0, 0.05) is 10.5 Å². The zero-order valence-corrected chi connectivity index (χ0v) is 13.0. The Balaban J connectivity index is 2.37. The first-order valence-electron chi connectivity index (χ1n) is 5.25. The van der Waals surface area contributed by atoms with Crippen molar-refractivity contribution in [2.75, 3.05) is 5.32 Å². The van der Waals surface area contributed by atoms with Gasteiger partial charge in [-0.3, -0.25) is 0 Å². The van der Waals surface area contributed by atoms with Crippen LogP contribution in [0, 0.1) is 0 Å². The highest BCUT2D eigenvalue weighted by molar-refractivity contribution is 9.10. The molecule has 1 aromatic carbocycles. The molecule has 10 heteroatoms. The maximum Gasteiger partial charge on any atom is 0.573 e. The van der Waals surface area contributed by atoms with E-state index in [4.69, 9.17) is 23.2 Å². The molecule has 21 heavy (non-hydrogen) atoms. The number of nitrogens with zero attached hydrogens (tertiary/aromatic N) is 2. The number of benzene rings is 1. The molecule has 112 valence electrons. The molecule has 0 saturated heterocycles. The molecule has 0 radical (unpaired) electrons. The second kappa shape index (κ2) is 6.25. The largest absolute Gasteiger partial charge is 0.573 e. The number of aromatic nitrogens is 2. The van der Waals surface area contributed by atoms with Gasteiger partial charge >= 0.3 is 6.36 Å². The van der Waals surface area contributed by atoms with Gasteiger partial charge in [0.25, 0.3) is 0 Å². The zero-order valence-electron chi connectivity index (χ0n) is 9.88. The predicted octanol–water partition coefficient (Wildman–Crippen LogP) is 5.19. The van der Waals surface area contributed by atoms with Crippen LogP contribution in [0.1, 0.15) is 0 Å². The molecule has 0 aliphatic carbocycles. The minimum absolute atomic E-state index is 0.0392. The first-order chi connectivity index (χ1) is 9.74. The van der Waals surface area contributed by atoms with Gasteiger partial charge in [0.2, 0.25) is 0 Å². The minimum Gasteiger partial charge on any atom is -0.404 e. The van der Waals surface area contributed by atoms with Crippen molar-refractivity contribution in [2.24, 2.45) is 0 Å². The maximum atomic E-state index is 12.4. The van der Waals surface area contributed by atoms with Crippen molar-refractivity contribution in [2.45, 2.75) is 6.36 Å². The topological polar surface area (TPSA) is 47.0 Å². The van der Waals surface area contributed by atoms with Gasteiger partial charge in [-0.15, -0.1) is 23.4 Å². The van der Waals surface area contributed by atoms with Gasteiger partial charge in [-0.2, -0.15) is 0 Å². The van der Waals surface area contributed by atoms with Crippen molar-refractivity contribution >= 4 is 50.5 Å². The van der Waals surface area contributed by atoms with E-state index in [1.54, 1.807) is 0 Å². The summed E-state index contributed by atoms with van der Waals surface area (Å²) in [4.78, 5) is 0. The highest BCUT2D eigenvalue weighted by Gasteiger charge is 2.32. The fourth-order valence-electron chi connectivity index (χ4n) is 1.39. The van der Waals surface area contributed by atoms with E-state index < -0.39 is 12.1 Å². The van der Waals surface area contributed by atoms with Crippen molar-refractivity contribution in [1.29, 1.82) is 0 Å². The van der Waals surface area contributed by atoms with Gasteiger partial charge in [-0.1, -0.05) is 39.1 Å². The Morgan fingerprint density at radius 1 is 1.10 bits per heavy atom. The lowest BCUT2D eigenvalue weighted by atomic mass is 10.3. The Bertz CT molecular complexity index is 670. The van der Waals surface area contributed by atoms with E-state index in [9.17, 15) is 13.2 Å². The van der Waals surface area contributed by atoms with Crippen LogP contribution >= 0.6 is 39.1 Å². The summed E-state index contributed by atoms with van der Waals surface area (Å²) in [7, 11) is 0. The van der Waals surface area contributed by atoms with Gasteiger partial charge in [-0.05, 0) is 18.2 Å². The van der Waals surface area contributed by atoms with E-state index in [1.807, 2.05) is 0 Å². The van der Waals surface area contributed by atoms with Gasteiger partial charge in [0.05, 0.1) is 11.4 Å². The number of alkyl halides is 3. The number of anilines is 2. The molecule has 0 fully saturated rings. The van der Waals surface area contributed by atoms with Crippen molar-refractivity contribution in [1.82, 2.24) is 10.2 Å². The third kappa shape index (κ3) is 4.62. The van der Waals surface area contributed by atoms with Crippen molar-refractivity contribution in [3.63, 3.8) is 0 Å². The molecule has 2 rings (SSSR count). The molecule has 1 N–H and O–H groups in total. The molecule has 0 amide bonds. The summed E-state index contributed by atoms with van der Waals surface area (Å²) in [6.07, 6.45) is -4.82. The average molecular weight is 403 g/mol. The van der Waals surface area contributed by atoms with Crippen LogP contribution in [0.2, 0.25) is 10.3 Å². The standard InChI is InChI=1S/C11H5BrCl2F3N3O/c12-5-1-2-6(8(3-5)21-11(15,16)17)18-7-4-9(13)19-20-10(7)14/h1-4H,(H,18,19). The summed E-state index contributed by atoms with van der Waals surface area (Å²) in [6, 6.07) is 5.42. The van der Waals surface area contributed by atoms with Gasteiger partial charge < -0.3 is 10.1 Å². The summed E-state index contributed by atoms with van der Waals surface area (Å²) in [6.45, 7) is 0. The molecule has 1 aromatic heterocycles. The fraction of sp³-hybridized carbons (Fsp3) is 0.0909. The third-order valence-electron chi connectivity index (χ3n) is 2.16. The Labute approximate surface area is 135 Å². The zero-order chi connectivity index (χ0) is 15.6. The molecule has 0 aliphatic rings. The summed E-state index contributed by atoms with van der Waals surface area (Å²) in [5.41, 5.74) is 0.243. The molecule has 0 aliphatic heterocycles. The second-order valence-corrected chi connectivity index (χ2v) is 5.35. The van der Waals surface area contributed by atoms with Crippen LogP contribution in [0.15, 0.2) is 28.7 Å². The monoisotopic (exact) mass is 401 g/mol. The molecule has 2 aromatic rings. The smallest absolute Gasteiger partial charge is 0.404 e. The third-order valence-corrected chi connectivity index (χ3v) is 3.11. The highest BCUT2D eigenvalue weighted by Crippen LogP contribution is 2.36. The lowest BCUT2D eigenvalue weighted by Gasteiger charge is -2.15. The average Bonchev–Trinajstić information content (AvgIpc) is 2.35. The lowest BCUT2D eigenvalue weighted by Crippen LogP contribution is -2.18. The molecule has 0 atom stereocenters. The second-order valence-electron chi connectivity index (χ2n) is 3.68. The Morgan fingerprint density at radius 3 is 2.48 bits per heavy atom. The summed E-state index contributed by atoms with van der Waals surface area (Å²) < 4.78 is 41.6. The van der Waals surface area contributed by atoms with Crippen LogP contribution in [-0.2, 0) is 0 Å². The SMILES string of the molecule is FC(F)(F)Oc1cc(Br)ccc1Nc1cc(Cl)nnc1Cl. The Hall–Kier alpha value is -1.25. The number of ether oxygens (including phenoxy) is 1. The van der Waals surface area contributed by atoms with Crippen LogP contribution in [0.3, 0.4) is 0 Å². The first kappa shape index (κ1) is 16.1. The Morgan fingerprint density at radius 2 is 1.81 bits per heavy atom. The summed E-state index contributed by atoms with van der Waals surface area (Å²) >= 11 is 14.5. The number of rotatable bonds is 3. The highest BCUT2D eigenvalue weighted by atomic mass is 79.9. The van der Waals surface area contributed by atoms with E-state index in [0.717, 1.165) is 0 Å². The number of hydrogen-bond donors (Lipinski definition) is 1. The molecular formula is C11H5BrCl2F3N3O. The predicted molar refractivity (Wildman–Crippen MR) is 76.2 cm³/mol. The van der Waals surface area contributed by atoms with Crippen molar-refractivity contribution in [3.8, 4) is 5.75 Å². The van der Waals surface area contributed by atoms with Crippen LogP contribution in [0.5, 0.6) is 5.75 Å². The van der Waals surface area contributed by atoms with Crippen LogP contribution in [0.4, 0.5) is 24.5 Å². The maximum absolute atomic E-state index is 12.4. The normalized spacial score (nSPS) is 11.3. The van der Waals surface area contributed by atoms with Gasteiger partial charge in [0.1, 0.15) is 0 Å². The van der Waals surface area contributed by atoms with E-state index in [1.165, 1.54) is 24.3 Å². The fourth-order valence-corrected chi connectivity index (χ4v) is 2.02. The van der Waals surface area contributed by atoms with Crippen LogP contribution in [-0.4, -0.2) is 16.6 Å². The summed E-state index contributed by atoms with van der Waals surface area (Å²) in [5.74, 6) is -0.430. The quantitative estimate of drug-likeness (QED) is 0.767. The van der Waals surface area contributed by atoms with E-state index >= 15 is 0 Å². The molecule has 0 bridgehead atoms. The van der Waals surface area contributed by atoms with E-state index in [-0.39, 0.29) is 21.7 Å². The molecule has 0 spiro atoms. The molecule has 0 unspecified atom stereocenters. The molecule has 4 nitrogen and oxygen atoms in total. The van der Waals surface area contributed by atoms with Crippen molar-refractivity contribution in [3.05, 3.63) is 39.0 Å². The number of hydrogen-bond acceptors (Lipinski definition) is 4. The van der Waals surface area contributed by atoms with E-state index in [0.29, 0.717) is 4.47 Å². The first-order valence-corrected chi connectivity index (χ1v) is 6.80. The molecular weight excluding hydrogens is 398 g/mol. The molecule has 1 heterocycles. The summed E-state index contributed by atoms with van der Waals surface area (Å²) in [5, 5.41) is 9.71.